The first kappa shape index (κ1) is 16.3. The minimum Gasteiger partial charge on any atom is -0.505 e. The Labute approximate surface area is 142 Å². The van der Waals surface area contributed by atoms with Gasteiger partial charge in [0.1, 0.15) is 5.75 Å². The van der Waals surface area contributed by atoms with Crippen molar-refractivity contribution in [3.63, 3.8) is 0 Å². The first-order valence-electron chi connectivity index (χ1n) is 7.60. The molecule has 0 fully saturated rings. The molecule has 1 aromatic rings. The molecular weight excluding hydrogens is 328 g/mol. The summed E-state index contributed by atoms with van der Waals surface area (Å²) in [7, 11) is 0. The zero-order valence-electron chi connectivity index (χ0n) is 13.3. The molecule has 1 N–H and O–H groups in total. The molecule has 5 nitrogen and oxygen atoms in total. The largest absolute Gasteiger partial charge is 0.505 e. The fraction of sp³-hybridized carbons (Fsp3) is 0.222. The summed E-state index contributed by atoms with van der Waals surface area (Å²) in [6.45, 7) is 3.88. The van der Waals surface area contributed by atoms with E-state index in [2.05, 4.69) is 0 Å². The zero-order chi connectivity index (χ0) is 17.3. The smallest absolute Gasteiger partial charge is 0.352 e. The average molecular weight is 344 g/mol. The summed E-state index contributed by atoms with van der Waals surface area (Å²) in [6, 6.07) is 9.08. The van der Waals surface area contributed by atoms with Gasteiger partial charge in [-0.2, -0.15) is 0 Å². The van der Waals surface area contributed by atoms with Crippen molar-refractivity contribution in [3.8, 4) is 16.9 Å². The van der Waals surface area contributed by atoms with Crippen LogP contribution in [0.3, 0.4) is 0 Å². The van der Waals surface area contributed by atoms with Gasteiger partial charge in [0, 0.05) is 5.39 Å². The predicted molar refractivity (Wildman–Crippen MR) is 92.0 cm³/mol. The molecule has 1 heterocycles. The highest BCUT2D eigenvalue weighted by Gasteiger charge is 2.30. The zero-order valence-corrected chi connectivity index (χ0v) is 14.1. The van der Waals surface area contributed by atoms with Crippen molar-refractivity contribution in [2.45, 2.75) is 13.8 Å². The van der Waals surface area contributed by atoms with E-state index >= 15 is 0 Å². The number of thiophene rings is 1. The Kier molecular flexibility index (Phi) is 4.40. The number of rotatable bonds is 4. The van der Waals surface area contributed by atoms with E-state index in [-0.39, 0.29) is 23.8 Å². The molecule has 0 aromatic carbocycles. The van der Waals surface area contributed by atoms with Crippen LogP contribution in [0.15, 0.2) is 30.3 Å². The monoisotopic (exact) mass is 344 g/mol. The molecule has 0 bridgehead atoms. The lowest BCUT2D eigenvalue weighted by atomic mass is 10.1. The van der Waals surface area contributed by atoms with Crippen LogP contribution in [-0.2, 0) is 9.47 Å². The van der Waals surface area contributed by atoms with Gasteiger partial charge in [-0.15, -0.1) is 11.3 Å². The number of carbonyl (C=O) groups is 2. The van der Waals surface area contributed by atoms with E-state index < -0.39 is 11.9 Å². The van der Waals surface area contributed by atoms with Crippen molar-refractivity contribution in [1.82, 2.24) is 0 Å². The number of ether oxygens (including phenoxy) is 2. The van der Waals surface area contributed by atoms with Gasteiger partial charge in [0.05, 0.1) is 23.5 Å². The summed E-state index contributed by atoms with van der Waals surface area (Å²) >= 11 is 1.05. The Hall–Kier alpha value is -2.60. The molecule has 0 amide bonds. The molecule has 24 heavy (non-hydrogen) atoms. The maximum Gasteiger partial charge on any atom is 0.352 e. The van der Waals surface area contributed by atoms with E-state index in [1.54, 1.807) is 19.9 Å². The fourth-order valence-electron chi connectivity index (χ4n) is 2.69. The quantitative estimate of drug-likeness (QED) is 0.723. The topological polar surface area (TPSA) is 72.8 Å². The highest BCUT2D eigenvalue weighted by Crippen LogP contribution is 2.49. The number of hydrogen-bond acceptors (Lipinski definition) is 6. The Balaban J connectivity index is 2.34. The first-order chi connectivity index (χ1) is 11.6. The summed E-state index contributed by atoms with van der Waals surface area (Å²) < 4.78 is 10.7. The third kappa shape index (κ3) is 2.49. The van der Waals surface area contributed by atoms with Crippen LogP contribution in [0, 0.1) is 0 Å². The van der Waals surface area contributed by atoms with Gasteiger partial charge in [0.15, 0.2) is 4.88 Å². The maximum absolute atomic E-state index is 12.4. The molecule has 0 unspecified atom stereocenters. The molecule has 0 atom stereocenters. The lowest BCUT2D eigenvalue weighted by molar-refractivity contribution is 0.0519. The normalized spacial score (nSPS) is 10.9. The van der Waals surface area contributed by atoms with Gasteiger partial charge in [0.25, 0.3) is 0 Å². The molecule has 3 rings (SSSR count). The molecule has 2 aliphatic carbocycles. The van der Waals surface area contributed by atoms with Gasteiger partial charge in [-0.25, -0.2) is 9.59 Å². The van der Waals surface area contributed by atoms with E-state index in [0.717, 1.165) is 11.3 Å². The third-order valence-electron chi connectivity index (χ3n) is 3.63. The summed E-state index contributed by atoms with van der Waals surface area (Å²) in [5, 5.41) is 11.0. The van der Waals surface area contributed by atoms with Gasteiger partial charge >= 0.3 is 11.9 Å². The Morgan fingerprint density at radius 1 is 1.00 bits per heavy atom. The van der Waals surface area contributed by atoms with E-state index in [0.29, 0.717) is 26.8 Å². The van der Waals surface area contributed by atoms with Crippen LogP contribution in [-0.4, -0.2) is 30.3 Å². The van der Waals surface area contributed by atoms with Gasteiger partial charge in [-0.3, -0.25) is 0 Å². The van der Waals surface area contributed by atoms with Crippen LogP contribution in [0.25, 0.3) is 21.2 Å². The minimum atomic E-state index is -0.598. The van der Waals surface area contributed by atoms with E-state index in [1.807, 2.05) is 24.3 Å². The first-order valence-corrected chi connectivity index (χ1v) is 8.42. The number of aromatic hydroxyl groups is 1. The van der Waals surface area contributed by atoms with Gasteiger partial charge in [-0.05, 0) is 25.0 Å². The van der Waals surface area contributed by atoms with Crippen molar-refractivity contribution in [1.29, 1.82) is 0 Å². The van der Waals surface area contributed by atoms with Crippen LogP contribution in [0.1, 0.15) is 33.9 Å². The van der Waals surface area contributed by atoms with Crippen molar-refractivity contribution >= 4 is 33.4 Å². The number of carbonyl (C=O) groups excluding carboxylic acids is 2. The molecule has 0 saturated carbocycles. The lowest BCUT2D eigenvalue weighted by Crippen LogP contribution is -2.04. The van der Waals surface area contributed by atoms with Crippen molar-refractivity contribution in [2.75, 3.05) is 13.2 Å². The van der Waals surface area contributed by atoms with Crippen LogP contribution in [0.2, 0.25) is 0 Å². The van der Waals surface area contributed by atoms with E-state index in [4.69, 9.17) is 9.47 Å². The average Bonchev–Trinajstić information content (AvgIpc) is 2.92. The second-order valence-corrected chi connectivity index (χ2v) is 6.06. The molecule has 124 valence electrons. The summed E-state index contributed by atoms with van der Waals surface area (Å²) in [5.41, 5.74) is 1.75. The summed E-state index contributed by atoms with van der Waals surface area (Å²) in [5.74, 6) is -1.22. The molecule has 1 aromatic heterocycles. The highest BCUT2D eigenvalue weighted by molar-refractivity contribution is 7.22. The lowest BCUT2D eigenvalue weighted by Gasteiger charge is -2.03. The Bertz CT molecular complexity index is 896. The van der Waals surface area contributed by atoms with E-state index in [9.17, 15) is 14.7 Å². The van der Waals surface area contributed by atoms with E-state index in [1.165, 1.54) is 0 Å². The molecule has 0 radical (unpaired) electrons. The second-order valence-electron chi connectivity index (χ2n) is 5.04. The predicted octanol–water partition coefficient (Wildman–Crippen LogP) is 4.07. The van der Waals surface area contributed by atoms with Gasteiger partial charge in [-0.1, -0.05) is 30.3 Å². The number of hydrogen-bond donors (Lipinski definition) is 1. The van der Waals surface area contributed by atoms with Crippen molar-refractivity contribution < 1.29 is 24.2 Å². The highest BCUT2D eigenvalue weighted by atomic mass is 32.1. The van der Waals surface area contributed by atoms with Gasteiger partial charge in [0.2, 0.25) is 0 Å². The minimum absolute atomic E-state index is 0.0980. The number of esters is 2. The molecule has 0 saturated heterocycles. The Morgan fingerprint density at radius 2 is 1.62 bits per heavy atom. The Morgan fingerprint density at radius 3 is 2.29 bits per heavy atom. The standard InChI is InChI=1S/C18H16O5S/c1-3-22-17(20)13-11-9-7-5-6-8-10(11)12-14(19)16(24-15(12)13)18(21)23-4-2/h5-9,19H,3-4H2,1-2H3. The van der Waals surface area contributed by atoms with Crippen LogP contribution in [0.5, 0.6) is 5.75 Å². The molecule has 0 spiro atoms. The van der Waals surface area contributed by atoms with Crippen molar-refractivity contribution in [2.24, 2.45) is 0 Å². The maximum atomic E-state index is 12.4. The molecule has 2 aliphatic rings. The summed E-state index contributed by atoms with van der Waals surface area (Å²) in [6.07, 6.45) is 0. The second kappa shape index (κ2) is 6.49. The fourth-order valence-corrected chi connectivity index (χ4v) is 3.84. The molecule has 6 heteroatoms. The molecule has 0 aliphatic heterocycles. The van der Waals surface area contributed by atoms with Crippen LogP contribution >= 0.6 is 11.3 Å². The van der Waals surface area contributed by atoms with Crippen molar-refractivity contribution in [3.05, 3.63) is 40.8 Å². The van der Waals surface area contributed by atoms with Crippen LogP contribution < -0.4 is 0 Å². The van der Waals surface area contributed by atoms with Crippen LogP contribution in [0.4, 0.5) is 0 Å². The molecular formula is C18H16O5S. The third-order valence-corrected chi connectivity index (χ3v) is 4.80. The summed E-state index contributed by atoms with van der Waals surface area (Å²) in [4.78, 5) is 24.6. The van der Waals surface area contributed by atoms with Gasteiger partial charge < -0.3 is 14.6 Å². The SMILES string of the molecule is CCOC(=O)c1sc2c(C(=O)OCC)c3cccccc-3c2c1O. The number of fused-ring (bicyclic) bond motifs is 3.